The summed E-state index contributed by atoms with van der Waals surface area (Å²) in [7, 11) is 1.62. The number of nitrogens with one attached hydrogen (secondary N) is 2. The molecule has 0 spiro atoms. The van der Waals surface area contributed by atoms with Gasteiger partial charge in [0.1, 0.15) is 5.75 Å². The lowest BCUT2D eigenvalue weighted by molar-refractivity contribution is -0.117. The summed E-state index contributed by atoms with van der Waals surface area (Å²) in [6.45, 7) is 5.33. The monoisotopic (exact) mass is 418 g/mol. The first-order chi connectivity index (χ1) is 12.3. The summed E-state index contributed by atoms with van der Waals surface area (Å²) in [6, 6.07) is 12.3. The smallest absolute Gasteiger partial charge is 0.241 e. The van der Waals surface area contributed by atoms with Gasteiger partial charge in [-0.2, -0.15) is 0 Å². The number of Topliss-reactive ketones (excluding diaryl/α,β-unsaturated/α-hetero) is 1. The van der Waals surface area contributed by atoms with Gasteiger partial charge in [0.2, 0.25) is 5.91 Å². The number of ether oxygens (including phenoxy) is 1. The van der Waals surface area contributed by atoms with Crippen LogP contribution in [0.25, 0.3) is 0 Å². The Bertz CT molecular complexity index is 790. The van der Waals surface area contributed by atoms with Crippen LogP contribution in [0.2, 0.25) is 0 Å². The third-order valence-electron chi connectivity index (χ3n) is 4.13. The van der Waals surface area contributed by atoms with Gasteiger partial charge >= 0.3 is 0 Å². The van der Waals surface area contributed by atoms with Crippen LogP contribution in [0, 0.1) is 0 Å². The maximum absolute atomic E-state index is 12.4. The van der Waals surface area contributed by atoms with E-state index in [9.17, 15) is 9.59 Å². The van der Waals surface area contributed by atoms with Gasteiger partial charge in [-0.1, -0.05) is 6.07 Å². The van der Waals surface area contributed by atoms with Crippen LogP contribution in [-0.4, -0.2) is 24.8 Å². The average molecular weight is 419 g/mol. The van der Waals surface area contributed by atoms with Gasteiger partial charge in [0.15, 0.2) is 5.78 Å². The topological polar surface area (TPSA) is 67.4 Å². The maximum Gasteiger partial charge on any atom is 0.241 e. The van der Waals surface area contributed by atoms with Crippen molar-refractivity contribution < 1.29 is 14.3 Å². The van der Waals surface area contributed by atoms with Crippen molar-refractivity contribution in [3.05, 3.63) is 58.1 Å². The van der Waals surface area contributed by atoms with E-state index in [2.05, 4.69) is 26.6 Å². The second-order valence-electron chi connectivity index (χ2n) is 6.13. The normalized spacial score (nSPS) is 13.0. The van der Waals surface area contributed by atoms with Crippen LogP contribution in [0.5, 0.6) is 5.75 Å². The first-order valence-electron chi connectivity index (χ1n) is 8.33. The van der Waals surface area contributed by atoms with Gasteiger partial charge < -0.3 is 10.1 Å². The highest BCUT2D eigenvalue weighted by Gasteiger charge is 2.17. The molecule has 5 nitrogen and oxygen atoms in total. The molecule has 0 aliphatic rings. The Morgan fingerprint density at radius 3 is 2.27 bits per heavy atom. The highest BCUT2D eigenvalue weighted by Crippen LogP contribution is 2.28. The molecule has 2 atom stereocenters. The first-order valence-corrected chi connectivity index (χ1v) is 9.12. The molecular formula is C20H23BrN2O3. The Balaban J connectivity index is 1.97. The van der Waals surface area contributed by atoms with E-state index in [4.69, 9.17) is 4.74 Å². The number of halogens is 1. The third-order valence-corrected chi connectivity index (χ3v) is 4.75. The van der Waals surface area contributed by atoms with Crippen LogP contribution in [0.3, 0.4) is 0 Å². The predicted molar refractivity (Wildman–Crippen MR) is 107 cm³/mol. The molecule has 0 fully saturated rings. The molecule has 2 aromatic rings. The van der Waals surface area contributed by atoms with E-state index >= 15 is 0 Å². The summed E-state index contributed by atoms with van der Waals surface area (Å²) >= 11 is 3.47. The minimum absolute atomic E-state index is 0.00242. The molecule has 0 saturated carbocycles. The fraction of sp³-hybridized carbons (Fsp3) is 0.300. The lowest BCUT2D eigenvalue weighted by Gasteiger charge is -2.20. The molecule has 0 bridgehead atoms. The largest absolute Gasteiger partial charge is 0.496 e. The first kappa shape index (κ1) is 20.1. The van der Waals surface area contributed by atoms with E-state index in [-0.39, 0.29) is 17.7 Å². The molecule has 0 aliphatic carbocycles. The van der Waals surface area contributed by atoms with Gasteiger partial charge in [-0.25, -0.2) is 0 Å². The van der Waals surface area contributed by atoms with Gasteiger partial charge in [0, 0.05) is 17.3 Å². The molecular weight excluding hydrogens is 396 g/mol. The Hall–Kier alpha value is -2.18. The standard InChI is InChI=1S/C20H23BrN2O3/c1-12(16-7-10-19(26-4)18(21)11-16)22-13(2)20(25)23-17-8-5-15(6-9-17)14(3)24/h5-13,22H,1-4H3,(H,23,25)/t12-,13-/m1/s1. The summed E-state index contributed by atoms with van der Waals surface area (Å²) in [6.07, 6.45) is 0. The molecule has 0 unspecified atom stereocenters. The lowest BCUT2D eigenvalue weighted by Crippen LogP contribution is -2.39. The van der Waals surface area contributed by atoms with Crippen LogP contribution in [0.1, 0.15) is 42.7 Å². The molecule has 6 heteroatoms. The Labute approximate surface area is 162 Å². The van der Waals surface area contributed by atoms with Crippen molar-refractivity contribution in [2.75, 3.05) is 12.4 Å². The van der Waals surface area contributed by atoms with Crippen LogP contribution >= 0.6 is 15.9 Å². The lowest BCUT2D eigenvalue weighted by atomic mass is 10.1. The van der Waals surface area contributed by atoms with Gasteiger partial charge in [0.25, 0.3) is 0 Å². The van der Waals surface area contributed by atoms with Gasteiger partial charge in [-0.05, 0) is 78.7 Å². The number of methoxy groups -OCH3 is 1. The number of amides is 1. The number of hydrogen-bond donors (Lipinski definition) is 2. The Morgan fingerprint density at radius 2 is 1.73 bits per heavy atom. The average Bonchev–Trinajstić information content (AvgIpc) is 2.61. The summed E-state index contributed by atoms with van der Waals surface area (Å²) in [5.41, 5.74) is 2.32. The molecule has 2 aromatic carbocycles. The van der Waals surface area contributed by atoms with E-state index in [1.807, 2.05) is 32.0 Å². The van der Waals surface area contributed by atoms with E-state index in [1.165, 1.54) is 6.92 Å². The predicted octanol–water partition coefficient (Wildman–Crippen LogP) is 4.34. The van der Waals surface area contributed by atoms with Gasteiger partial charge in [0.05, 0.1) is 17.6 Å². The van der Waals surface area contributed by atoms with E-state index in [0.29, 0.717) is 11.3 Å². The quantitative estimate of drug-likeness (QED) is 0.656. The van der Waals surface area contributed by atoms with Crippen LogP contribution in [0.4, 0.5) is 5.69 Å². The van der Waals surface area contributed by atoms with Crippen LogP contribution in [-0.2, 0) is 4.79 Å². The number of carbonyl (C=O) groups is 2. The number of benzene rings is 2. The number of ketones is 1. The van der Waals surface area contributed by atoms with Crippen molar-refractivity contribution in [3.8, 4) is 5.75 Å². The van der Waals surface area contributed by atoms with Crippen molar-refractivity contribution in [1.29, 1.82) is 0 Å². The molecule has 2 rings (SSSR count). The summed E-state index contributed by atoms with van der Waals surface area (Å²) in [5.74, 6) is 0.623. The summed E-state index contributed by atoms with van der Waals surface area (Å²) < 4.78 is 6.11. The zero-order chi connectivity index (χ0) is 19.3. The van der Waals surface area contributed by atoms with Gasteiger partial charge in [-0.3, -0.25) is 14.9 Å². The van der Waals surface area contributed by atoms with Crippen molar-refractivity contribution in [2.45, 2.75) is 32.9 Å². The molecule has 0 radical (unpaired) electrons. The highest BCUT2D eigenvalue weighted by atomic mass is 79.9. The number of rotatable bonds is 7. The number of hydrogen-bond acceptors (Lipinski definition) is 4. The molecule has 2 N–H and O–H groups in total. The number of anilines is 1. The maximum atomic E-state index is 12.4. The molecule has 26 heavy (non-hydrogen) atoms. The van der Waals surface area contributed by atoms with Crippen molar-refractivity contribution in [1.82, 2.24) is 5.32 Å². The van der Waals surface area contributed by atoms with Crippen molar-refractivity contribution in [3.63, 3.8) is 0 Å². The fourth-order valence-corrected chi connectivity index (χ4v) is 3.10. The second-order valence-corrected chi connectivity index (χ2v) is 6.98. The summed E-state index contributed by atoms with van der Waals surface area (Å²) in [5, 5.41) is 6.13. The van der Waals surface area contributed by atoms with E-state index < -0.39 is 6.04 Å². The molecule has 0 saturated heterocycles. The second kappa shape index (κ2) is 8.96. The van der Waals surface area contributed by atoms with Gasteiger partial charge in [-0.15, -0.1) is 0 Å². The molecule has 0 aliphatic heterocycles. The SMILES string of the molecule is COc1ccc([C@@H](C)N[C@H](C)C(=O)Nc2ccc(C(C)=O)cc2)cc1Br. The van der Waals surface area contributed by atoms with Crippen molar-refractivity contribution >= 4 is 33.3 Å². The summed E-state index contributed by atoms with van der Waals surface area (Å²) in [4.78, 5) is 23.7. The van der Waals surface area contributed by atoms with Crippen LogP contribution < -0.4 is 15.4 Å². The molecule has 0 heterocycles. The highest BCUT2D eigenvalue weighted by molar-refractivity contribution is 9.10. The minimum Gasteiger partial charge on any atom is -0.496 e. The molecule has 0 aromatic heterocycles. The Kier molecular flexibility index (Phi) is 6.94. The Morgan fingerprint density at radius 1 is 1.08 bits per heavy atom. The zero-order valence-electron chi connectivity index (χ0n) is 15.3. The van der Waals surface area contributed by atoms with E-state index in [1.54, 1.807) is 31.4 Å². The minimum atomic E-state index is -0.390. The van der Waals surface area contributed by atoms with Crippen LogP contribution in [0.15, 0.2) is 46.9 Å². The third kappa shape index (κ3) is 5.16. The molecule has 138 valence electrons. The number of carbonyl (C=O) groups excluding carboxylic acids is 2. The van der Waals surface area contributed by atoms with Crippen molar-refractivity contribution in [2.24, 2.45) is 0 Å². The molecule has 1 amide bonds. The zero-order valence-corrected chi connectivity index (χ0v) is 16.9. The van der Waals surface area contributed by atoms with E-state index in [0.717, 1.165) is 15.8 Å². The fourth-order valence-electron chi connectivity index (χ4n) is 2.54.